The maximum atomic E-state index is 12.5. The molecule has 0 radical (unpaired) electrons. The molecular weight excluding hydrogens is 474 g/mol. The minimum atomic E-state index is -0.944. The second-order valence-corrected chi connectivity index (χ2v) is 8.77. The summed E-state index contributed by atoms with van der Waals surface area (Å²) in [6, 6.07) is 0. The number of hydrogen-bond acceptors (Lipinski definition) is 10. The van der Waals surface area contributed by atoms with Gasteiger partial charge in [-0.3, -0.25) is 33.9 Å². The van der Waals surface area contributed by atoms with E-state index in [1.54, 1.807) is 4.90 Å². The average molecular weight is 518 g/mol. The van der Waals surface area contributed by atoms with E-state index in [-0.39, 0.29) is 37.9 Å². The molecule has 1 heterocycles. The molecule has 1 rings (SSSR count). The summed E-state index contributed by atoms with van der Waals surface area (Å²) in [5, 5.41) is 21.3. The van der Waals surface area contributed by atoms with Gasteiger partial charge < -0.3 is 29.9 Å². The highest BCUT2D eigenvalue weighted by atomic mass is 16.5. The summed E-state index contributed by atoms with van der Waals surface area (Å²) in [6.07, 6.45) is 0. The van der Waals surface area contributed by atoms with E-state index in [1.165, 1.54) is 6.92 Å². The zero-order valence-electron chi connectivity index (χ0n) is 21.7. The van der Waals surface area contributed by atoms with Gasteiger partial charge in [-0.15, -0.1) is 0 Å². The number of ketones is 1. The summed E-state index contributed by atoms with van der Waals surface area (Å²) in [6.45, 7) is 10.1. The molecule has 0 aliphatic carbocycles. The largest absolute Gasteiger partial charge is 0.480 e. The van der Waals surface area contributed by atoms with Gasteiger partial charge in [0.1, 0.15) is 6.61 Å². The summed E-state index contributed by atoms with van der Waals surface area (Å²) in [4.78, 5) is 53.7. The molecule has 1 aliphatic rings. The molecule has 1 amide bonds. The van der Waals surface area contributed by atoms with Crippen LogP contribution in [-0.4, -0.2) is 165 Å². The number of carboxylic acids is 2. The van der Waals surface area contributed by atoms with E-state index in [2.05, 4.69) is 10.2 Å². The molecule has 0 bridgehead atoms. The van der Waals surface area contributed by atoms with Crippen molar-refractivity contribution in [2.24, 2.45) is 0 Å². The third kappa shape index (κ3) is 16.5. The van der Waals surface area contributed by atoms with Crippen molar-refractivity contribution in [3.63, 3.8) is 0 Å². The first-order valence-electron chi connectivity index (χ1n) is 12.4. The molecule has 0 aromatic carbocycles. The van der Waals surface area contributed by atoms with E-state index in [0.717, 1.165) is 6.54 Å². The number of amides is 1. The van der Waals surface area contributed by atoms with Crippen molar-refractivity contribution in [3.8, 4) is 0 Å². The monoisotopic (exact) mass is 517 g/mol. The Labute approximate surface area is 213 Å². The van der Waals surface area contributed by atoms with Crippen LogP contribution >= 0.6 is 0 Å². The lowest BCUT2D eigenvalue weighted by atomic mass is 10.3. The van der Waals surface area contributed by atoms with Crippen LogP contribution in [0, 0.1) is 0 Å². The molecule has 0 aromatic heterocycles. The second-order valence-electron chi connectivity index (χ2n) is 8.77. The maximum Gasteiger partial charge on any atom is 0.317 e. The number of carbonyl (C=O) groups is 4. The first-order chi connectivity index (χ1) is 17.2. The van der Waals surface area contributed by atoms with Gasteiger partial charge >= 0.3 is 11.9 Å². The lowest BCUT2D eigenvalue weighted by Crippen LogP contribution is -2.49. The van der Waals surface area contributed by atoms with E-state index in [4.69, 9.17) is 9.47 Å². The van der Waals surface area contributed by atoms with Gasteiger partial charge in [-0.05, 0) is 13.5 Å². The first kappa shape index (κ1) is 31.9. The molecule has 0 spiro atoms. The zero-order valence-corrected chi connectivity index (χ0v) is 21.7. The van der Waals surface area contributed by atoms with Crippen molar-refractivity contribution < 1.29 is 38.9 Å². The molecule has 13 nitrogen and oxygen atoms in total. The number of aliphatic carboxylic acids is 2. The van der Waals surface area contributed by atoms with Gasteiger partial charge in [-0.25, -0.2) is 0 Å². The van der Waals surface area contributed by atoms with Crippen LogP contribution in [0.15, 0.2) is 0 Å². The van der Waals surface area contributed by atoms with E-state index in [9.17, 15) is 29.4 Å². The molecule has 3 N–H and O–H groups in total. The van der Waals surface area contributed by atoms with Crippen molar-refractivity contribution in [2.45, 2.75) is 13.8 Å². The van der Waals surface area contributed by atoms with Gasteiger partial charge in [0.25, 0.3) is 0 Å². The van der Waals surface area contributed by atoms with Gasteiger partial charge in [0, 0.05) is 58.9 Å². The van der Waals surface area contributed by atoms with Crippen molar-refractivity contribution in [3.05, 3.63) is 0 Å². The highest BCUT2D eigenvalue weighted by Crippen LogP contribution is 2.01. The van der Waals surface area contributed by atoms with Gasteiger partial charge in [0.15, 0.2) is 5.78 Å². The van der Waals surface area contributed by atoms with E-state index in [0.29, 0.717) is 78.7 Å². The molecule has 36 heavy (non-hydrogen) atoms. The number of Topliss-reactive ketones (excluding diaryl/α,β-unsaturated/α-hetero) is 1. The van der Waals surface area contributed by atoms with Crippen molar-refractivity contribution >= 4 is 23.6 Å². The highest BCUT2D eigenvalue weighted by molar-refractivity contribution is 5.78. The number of ether oxygens (including phenoxy) is 2. The SMILES string of the molecule is CCN1CCN(CC(=O)O)CCN(CC(=O)O)CCN(CC(=O)NCCOCCOCC(C)=O)CC1. The molecule has 0 unspecified atom stereocenters. The van der Waals surface area contributed by atoms with Crippen molar-refractivity contribution in [1.82, 2.24) is 24.9 Å². The summed E-state index contributed by atoms with van der Waals surface area (Å²) in [5.41, 5.74) is 0. The second kappa shape index (κ2) is 19.0. The Morgan fingerprint density at radius 1 is 0.694 bits per heavy atom. The molecule has 0 atom stereocenters. The summed E-state index contributed by atoms with van der Waals surface area (Å²) in [5.74, 6) is -2.03. The zero-order chi connectivity index (χ0) is 26.8. The van der Waals surface area contributed by atoms with E-state index >= 15 is 0 Å². The normalized spacial score (nSPS) is 17.7. The number of likely N-dealkylation sites (N-methyl/N-ethyl adjacent to an activating group) is 1. The van der Waals surface area contributed by atoms with Crippen LogP contribution in [0.5, 0.6) is 0 Å². The number of nitrogens with one attached hydrogen (secondary N) is 1. The number of hydrogen-bond donors (Lipinski definition) is 3. The Morgan fingerprint density at radius 3 is 1.58 bits per heavy atom. The standard InChI is InChI=1S/C23H43N5O8/c1-3-25-5-7-26(16-21(30)24-4-13-35-14-15-36-19-20(2)29)9-10-28(18-23(33)34)12-11-27(8-6-25)17-22(31)32/h3-19H2,1-2H3,(H,24,30)(H,31,32)(H,33,34). The molecule has 0 aromatic rings. The fourth-order valence-corrected chi connectivity index (χ4v) is 3.71. The Kier molecular flexibility index (Phi) is 16.8. The van der Waals surface area contributed by atoms with Gasteiger partial charge in [0.2, 0.25) is 5.91 Å². The van der Waals surface area contributed by atoms with Crippen LogP contribution in [0.3, 0.4) is 0 Å². The number of carboxylic acid groups (broad SMARTS) is 2. The lowest BCUT2D eigenvalue weighted by molar-refractivity contribution is -0.140. The molecule has 1 saturated heterocycles. The maximum absolute atomic E-state index is 12.5. The predicted octanol–water partition coefficient (Wildman–Crippen LogP) is -1.86. The third-order valence-corrected chi connectivity index (χ3v) is 5.71. The first-order valence-corrected chi connectivity index (χ1v) is 12.4. The molecule has 0 saturated carbocycles. The Balaban J connectivity index is 2.57. The Hall–Kier alpha value is -2.16. The van der Waals surface area contributed by atoms with Crippen LogP contribution in [-0.2, 0) is 28.7 Å². The van der Waals surface area contributed by atoms with Crippen LogP contribution in [0.1, 0.15) is 13.8 Å². The fraction of sp³-hybridized carbons (Fsp3) is 0.826. The van der Waals surface area contributed by atoms with Crippen molar-refractivity contribution in [1.29, 1.82) is 0 Å². The molecule has 1 fully saturated rings. The Bertz CT molecular complexity index is 681. The van der Waals surface area contributed by atoms with Crippen LogP contribution in [0.4, 0.5) is 0 Å². The summed E-state index contributed by atoms with van der Waals surface area (Å²) in [7, 11) is 0. The minimum Gasteiger partial charge on any atom is -0.480 e. The van der Waals surface area contributed by atoms with Crippen LogP contribution in [0.2, 0.25) is 0 Å². The van der Waals surface area contributed by atoms with E-state index < -0.39 is 11.9 Å². The quantitative estimate of drug-likeness (QED) is 0.209. The lowest BCUT2D eigenvalue weighted by Gasteiger charge is -2.33. The number of nitrogens with zero attached hydrogens (tertiary/aromatic N) is 4. The Morgan fingerprint density at radius 2 is 1.14 bits per heavy atom. The van der Waals surface area contributed by atoms with Gasteiger partial charge in [0.05, 0.1) is 39.5 Å². The van der Waals surface area contributed by atoms with Crippen LogP contribution in [0.25, 0.3) is 0 Å². The molecule has 13 heteroatoms. The topological polar surface area (TPSA) is 152 Å². The fourth-order valence-electron chi connectivity index (χ4n) is 3.71. The third-order valence-electron chi connectivity index (χ3n) is 5.71. The molecule has 208 valence electrons. The van der Waals surface area contributed by atoms with Gasteiger partial charge in [-0.2, -0.15) is 0 Å². The molecule has 1 aliphatic heterocycles. The van der Waals surface area contributed by atoms with Crippen molar-refractivity contribution in [2.75, 3.05) is 112 Å². The smallest absolute Gasteiger partial charge is 0.317 e. The van der Waals surface area contributed by atoms with Gasteiger partial charge in [-0.1, -0.05) is 6.92 Å². The molecular formula is C23H43N5O8. The number of rotatable bonds is 15. The number of carbonyl (C=O) groups excluding carboxylic acids is 2. The summed E-state index contributed by atoms with van der Waals surface area (Å²) < 4.78 is 10.5. The predicted molar refractivity (Wildman–Crippen MR) is 132 cm³/mol. The van der Waals surface area contributed by atoms with E-state index in [1.807, 2.05) is 16.7 Å². The summed E-state index contributed by atoms with van der Waals surface area (Å²) >= 11 is 0. The average Bonchev–Trinajstić information content (AvgIpc) is 2.80. The van der Waals surface area contributed by atoms with Crippen LogP contribution < -0.4 is 5.32 Å². The highest BCUT2D eigenvalue weighted by Gasteiger charge is 2.19. The minimum absolute atomic E-state index is 0.0442.